The molecule has 1 aromatic rings. The zero-order valence-corrected chi connectivity index (χ0v) is 11.1. The van der Waals surface area contributed by atoms with Crippen molar-refractivity contribution in [1.29, 1.82) is 0 Å². The molecule has 3 N–H and O–H groups in total. The molecule has 5 nitrogen and oxygen atoms in total. The third-order valence-electron chi connectivity index (χ3n) is 3.47. The van der Waals surface area contributed by atoms with Gasteiger partial charge in [0, 0.05) is 6.54 Å². The van der Waals surface area contributed by atoms with Gasteiger partial charge in [-0.25, -0.2) is 4.79 Å². The van der Waals surface area contributed by atoms with Gasteiger partial charge in [-0.2, -0.15) is 0 Å². The maximum Gasteiger partial charge on any atom is 0.319 e. The highest BCUT2D eigenvalue weighted by Crippen LogP contribution is 2.28. The van der Waals surface area contributed by atoms with Crippen LogP contribution in [0, 0.1) is 0 Å². The molecule has 19 heavy (non-hydrogen) atoms. The van der Waals surface area contributed by atoms with Gasteiger partial charge in [0.15, 0.2) is 0 Å². The zero-order chi connectivity index (χ0) is 13.7. The Balaban J connectivity index is 1.87. The molecule has 0 unspecified atom stereocenters. The molecule has 1 aromatic carbocycles. The van der Waals surface area contributed by atoms with Crippen LogP contribution in [0.4, 0.5) is 10.5 Å². The molecule has 0 spiro atoms. The lowest BCUT2D eigenvalue weighted by atomic mass is 10.0. The van der Waals surface area contributed by atoms with E-state index in [9.17, 15) is 9.90 Å². The first-order valence-electron chi connectivity index (χ1n) is 6.53. The number of hydrogen-bond donors (Lipinski definition) is 3. The van der Waals surface area contributed by atoms with Crippen LogP contribution in [-0.4, -0.2) is 30.4 Å². The van der Waals surface area contributed by atoms with Gasteiger partial charge in [-0.05, 0) is 25.0 Å². The van der Waals surface area contributed by atoms with Crippen molar-refractivity contribution in [2.45, 2.75) is 31.3 Å². The summed E-state index contributed by atoms with van der Waals surface area (Å²) < 4.78 is 5.15. The number of rotatable bonds is 4. The quantitative estimate of drug-likeness (QED) is 0.780. The molecule has 0 heterocycles. The van der Waals surface area contributed by atoms with Gasteiger partial charge < -0.3 is 20.5 Å². The molecular weight excluding hydrogens is 244 g/mol. The van der Waals surface area contributed by atoms with Gasteiger partial charge in [0.2, 0.25) is 0 Å². The van der Waals surface area contributed by atoms with Gasteiger partial charge in [0.05, 0.1) is 18.4 Å². The maximum absolute atomic E-state index is 11.8. The van der Waals surface area contributed by atoms with Crippen LogP contribution in [0.3, 0.4) is 0 Å². The van der Waals surface area contributed by atoms with Crippen molar-refractivity contribution < 1.29 is 14.6 Å². The number of benzene rings is 1. The molecule has 1 fully saturated rings. The smallest absolute Gasteiger partial charge is 0.319 e. The highest BCUT2D eigenvalue weighted by atomic mass is 16.5. The van der Waals surface area contributed by atoms with Crippen molar-refractivity contribution in [3.05, 3.63) is 24.3 Å². The zero-order valence-electron chi connectivity index (χ0n) is 11.1. The van der Waals surface area contributed by atoms with Crippen LogP contribution in [0.5, 0.6) is 5.75 Å². The summed E-state index contributed by atoms with van der Waals surface area (Å²) >= 11 is 0. The summed E-state index contributed by atoms with van der Waals surface area (Å²) in [6.07, 6.45) is 3.54. The molecule has 104 valence electrons. The van der Waals surface area contributed by atoms with Crippen LogP contribution in [0.15, 0.2) is 24.3 Å². The van der Waals surface area contributed by atoms with Crippen molar-refractivity contribution in [3.63, 3.8) is 0 Å². The minimum atomic E-state index is -0.738. The van der Waals surface area contributed by atoms with Crippen LogP contribution in [0.25, 0.3) is 0 Å². The normalized spacial score (nSPS) is 16.9. The van der Waals surface area contributed by atoms with E-state index in [0.29, 0.717) is 11.4 Å². The molecular formula is C14H20N2O3. The second kappa shape index (κ2) is 5.93. The largest absolute Gasteiger partial charge is 0.495 e. The maximum atomic E-state index is 11.8. The van der Waals surface area contributed by atoms with Crippen LogP contribution in [0.1, 0.15) is 25.7 Å². The number of amides is 2. The SMILES string of the molecule is COc1ccccc1NC(=O)NCC1(O)CCCC1. The molecule has 0 radical (unpaired) electrons. The first kappa shape index (κ1) is 13.7. The highest BCUT2D eigenvalue weighted by molar-refractivity contribution is 5.90. The van der Waals surface area contributed by atoms with Crippen LogP contribution in [0.2, 0.25) is 0 Å². The van der Waals surface area contributed by atoms with E-state index in [1.165, 1.54) is 0 Å². The fourth-order valence-electron chi connectivity index (χ4n) is 2.37. The molecule has 1 aliphatic carbocycles. The molecule has 2 rings (SSSR count). The number of ether oxygens (including phenoxy) is 1. The second-order valence-corrected chi connectivity index (χ2v) is 4.94. The first-order valence-corrected chi connectivity index (χ1v) is 6.53. The van der Waals surface area contributed by atoms with E-state index < -0.39 is 5.60 Å². The monoisotopic (exact) mass is 264 g/mol. The molecule has 0 aromatic heterocycles. The highest BCUT2D eigenvalue weighted by Gasteiger charge is 2.31. The summed E-state index contributed by atoms with van der Waals surface area (Å²) in [5.41, 5.74) is -0.126. The lowest BCUT2D eigenvalue weighted by molar-refractivity contribution is 0.0506. The Morgan fingerprint density at radius 3 is 2.74 bits per heavy atom. The summed E-state index contributed by atoms with van der Waals surface area (Å²) in [4.78, 5) is 11.8. The molecule has 0 atom stereocenters. The molecule has 0 aliphatic heterocycles. The van der Waals surface area contributed by atoms with Gasteiger partial charge in [-0.1, -0.05) is 25.0 Å². The lowest BCUT2D eigenvalue weighted by Crippen LogP contribution is -2.42. The molecule has 0 saturated heterocycles. The number of para-hydroxylation sites is 2. The van der Waals surface area contributed by atoms with Crippen LogP contribution >= 0.6 is 0 Å². The second-order valence-electron chi connectivity index (χ2n) is 4.94. The van der Waals surface area contributed by atoms with E-state index in [4.69, 9.17) is 4.74 Å². The number of carbonyl (C=O) groups is 1. The van der Waals surface area contributed by atoms with Gasteiger partial charge in [-0.3, -0.25) is 0 Å². The van der Waals surface area contributed by atoms with E-state index >= 15 is 0 Å². The number of aliphatic hydroxyl groups is 1. The predicted octanol–water partition coefficient (Wildman–Crippen LogP) is 2.12. The van der Waals surface area contributed by atoms with E-state index in [-0.39, 0.29) is 12.6 Å². The topological polar surface area (TPSA) is 70.6 Å². The third kappa shape index (κ3) is 3.61. The van der Waals surface area contributed by atoms with Gasteiger partial charge >= 0.3 is 6.03 Å². The summed E-state index contributed by atoms with van der Waals surface area (Å²) in [5, 5.41) is 15.6. The fraction of sp³-hybridized carbons (Fsp3) is 0.500. The lowest BCUT2D eigenvalue weighted by Gasteiger charge is -2.22. The van der Waals surface area contributed by atoms with E-state index in [1.807, 2.05) is 12.1 Å². The summed E-state index contributed by atoms with van der Waals surface area (Å²) in [5.74, 6) is 0.609. The first-order chi connectivity index (χ1) is 9.13. The number of nitrogens with one attached hydrogen (secondary N) is 2. The number of anilines is 1. The van der Waals surface area contributed by atoms with Gasteiger partial charge in [0.1, 0.15) is 5.75 Å². The molecule has 2 amide bonds. The van der Waals surface area contributed by atoms with Crippen LogP contribution in [-0.2, 0) is 0 Å². The van der Waals surface area contributed by atoms with Gasteiger partial charge in [-0.15, -0.1) is 0 Å². The Hall–Kier alpha value is -1.75. The molecule has 5 heteroatoms. The summed E-state index contributed by atoms with van der Waals surface area (Å²) in [6.45, 7) is 0.286. The number of urea groups is 1. The molecule has 1 saturated carbocycles. The van der Waals surface area contributed by atoms with Crippen molar-refractivity contribution in [2.75, 3.05) is 19.0 Å². The minimum absolute atomic E-state index is 0.286. The predicted molar refractivity (Wildman–Crippen MR) is 73.4 cm³/mol. The Morgan fingerprint density at radius 1 is 1.37 bits per heavy atom. The Bertz CT molecular complexity index is 442. The molecule has 1 aliphatic rings. The summed E-state index contributed by atoms with van der Waals surface area (Å²) in [6, 6.07) is 6.87. The fourth-order valence-corrected chi connectivity index (χ4v) is 2.37. The van der Waals surface area contributed by atoms with Crippen molar-refractivity contribution in [2.24, 2.45) is 0 Å². The average molecular weight is 264 g/mol. The van der Waals surface area contributed by atoms with Crippen molar-refractivity contribution in [3.8, 4) is 5.75 Å². The standard InChI is InChI=1S/C14H20N2O3/c1-19-12-7-3-2-6-11(12)16-13(17)15-10-14(18)8-4-5-9-14/h2-3,6-7,18H,4-5,8-10H2,1H3,(H2,15,16,17). The Labute approximate surface area is 113 Å². The average Bonchev–Trinajstić information content (AvgIpc) is 2.85. The van der Waals surface area contributed by atoms with Gasteiger partial charge in [0.25, 0.3) is 0 Å². The summed E-state index contributed by atoms with van der Waals surface area (Å²) in [7, 11) is 1.56. The van der Waals surface area contributed by atoms with E-state index in [0.717, 1.165) is 25.7 Å². The van der Waals surface area contributed by atoms with E-state index in [2.05, 4.69) is 10.6 Å². The minimum Gasteiger partial charge on any atom is -0.495 e. The molecule has 0 bridgehead atoms. The van der Waals surface area contributed by atoms with Crippen molar-refractivity contribution in [1.82, 2.24) is 5.32 Å². The Morgan fingerprint density at radius 2 is 2.05 bits per heavy atom. The Kier molecular flexibility index (Phi) is 4.27. The third-order valence-corrected chi connectivity index (χ3v) is 3.47. The van der Waals surface area contributed by atoms with E-state index in [1.54, 1.807) is 19.2 Å². The number of methoxy groups -OCH3 is 1. The van der Waals surface area contributed by atoms with Crippen molar-refractivity contribution >= 4 is 11.7 Å². The number of carbonyl (C=O) groups excluding carboxylic acids is 1. The van der Waals surface area contributed by atoms with Crippen LogP contribution < -0.4 is 15.4 Å². The number of hydrogen-bond acceptors (Lipinski definition) is 3.